The minimum atomic E-state index is 0.190. The summed E-state index contributed by atoms with van der Waals surface area (Å²) in [7, 11) is 0. The van der Waals surface area contributed by atoms with Crippen molar-refractivity contribution >= 4 is 5.91 Å². The molecule has 1 aromatic heterocycles. The molecular weight excluding hydrogens is 182 g/mol. The van der Waals surface area contributed by atoms with Crippen LogP contribution in [0.1, 0.15) is 24.3 Å². The first-order chi connectivity index (χ1) is 6.79. The normalized spacial score (nSPS) is 16.6. The van der Waals surface area contributed by atoms with Gasteiger partial charge in [0.1, 0.15) is 0 Å². The summed E-state index contributed by atoms with van der Waals surface area (Å²) in [5.74, 6) is 0.899. The molecule has 0 radical (unpaired) electrons. The SMILES string of the molecule is NCc1cc(CN2CCCC2=O)on1. The molecule has 0 spiro atoms. The summed E-state index contributed by atoms with van der Waals surface area (Å²) in [6.07, 6.45) is 1.59. The zero-order valence-corrected chi connectivity index (χ0v) is 7.90. The van der Waals surface area contributed by atoms with Crippen LogP contribution in [0.5, 0.6) is 0 Å². The van der Waals surface area contributed by atoms with Crippen molar-refractivity contribution in [1.82, 2.24) is 10.1 Å². The summed E-state index contributed by atoms with van der Waals surface area (Å²) in [5.41, 5.74) is 6.12. The highest BCUT2D eigenvalue weighted by molar-refractivity contribution is 5.77. The summed E-state index contributed by atoms with van der Waals surface area (Å²) in [6, 6.07) is 1.80. The molecule has 5 heteroatoms. The van der Waals surface area contributed by atoms with Crippen LogP contribution in [0.4, 0.5) is 0 Å². The van der Waals surface area contributed by atoms with Crippen molar-refractivity contribution in [2.24, 2.45) is 5.73 Å². The second-order valence-corrected chi connectivity index (χ2v) is 3.41. The van der Waals surface area contributed by atoms with Gasteiger partial charge in [0.15, 0.2) is 5.76 Å². The standard InChI is InChI=1S/C9H13N3O2/c10-5-7-4-8(14-11-7)6-12-3-1-2-9(12)13/h4H,1-3,5-6,10H2. The highest BCUT2D eigenvalue weighted by Crippen LogP contribution is 2.14. The molecule has 1 aromatic rings. The molecule has 0 aromatic carbocycles. The van der Waals surface area contributed by atoms with Crippen molar-refractivity contribution in [1.29, 1.82) is 0 Å². The minimum Gasteiger partial charge on any atom is -0.359 e. The lowest BCUT2D eigenvalue weighted by Gasteiger charge is -2.12. The number of hydrogen-bond acceptors (Lipinski definition) is 4. The van der Waals surface area contributed by atoms with Crippen molar-refractivity contribution < 1.29 is 9.32 Å². The van der Waals surface area contributed by atoms with Crippen molar-refractivity contribution in [3.63, 3.8) is 0 Å². The van der Waals surface area contributed by atoms with Gasteiger partial charge in [-0.25, -0.2) is 0 Å². The van der Waals surface area contributed by atoms with Crippen molar-refractivity contribution in [3.05, 3.63) is 17.5 Å². The number of rotatable bonds is 3. The molecule has 2 N–H and O–H groups in total. The zero-order valence-electron chi connectivity index (χ0n) is 7.90. The molecule has 76 valence electrons. The van der Waals surface area contributed by atoms with Gasteiger partial charge in [-0.1, -0.05) is 5.16 Å². The van der Waals surface area contributed by atoms with Crippen LogP contribution in [0.25, 0.3) is 0 Å². The molecule has 1 aliphatic heterocycles. The van der Waals surface area contributed by atoms with Crippen molar-refractivity contribution in [3.8, 4) is 0 Å². The Kier molecular flexibility index (Phi) is 2.49. The highest BCUT2D eigenvalue weighted by Gasteiger charge is 2.21. The molecule has 0 bridgehead atoms. The Balaban J connectivity index is 1.99. The summed E-state index contributed by atoms with van der Waals surface area (Å²) < 4.78 is 5.04. The minimum absolute atomic E-state index is 0.190. The monoisotopic (exact) mass is 195 g/mol. The third-order valence-electron chi connectivity index (χ3n) is 2.33. The number of nitrogens with zero attached hydrogens (tertiary/aromatic N) is 2. The van der Waals surface area contributed by atoms with Crippen molar-refractivity contribution in [2.45, 2.75) is 25.9 Å². The fourth-order valence-corrected chi connectivity index (χ4v) is 1.59. The second kappa shape index (κ2) is 3.79. The van der Waals surface area contributed by atoms with E-state index in [-0.39, 0.29) is 5.91 Å². The first-order valence-corrected chi connectivity index (χ1v) is 4.72. The van der Waals surface area contributed by atoms with E-state index in [0.717, 1.165) is 18.7 Å². The van der Waals surface area contributed by atoms with E-state index in [4.69, 9.17) is 10.3 Å². The Morgan fingerprint density at radius 1 is 1.64 bits per heavy atom. The Morgan fingerprint density at radius 2 is 2.50 bits per heavy atom. The molecule has 1 saturated heterocycles. The number of carbonyl (C=O) groups is 1. The van der Waals surface area contributed by atoms with Crippen LogP contribution in [-0.4, -0.2) is 22.5 Å². The number of nitrogens with two attached hydrogens (primary N) is 1. The van der Waals surface area contributed by atoms with Gasteiger partial charge in [0.2, 0.25) is 5.91 Å². The van der Waals surface area contributed by atoms with E-state index < -0.39 is 0 Å². The molecule has 2 rings (SSSR count). The molecule has 1 amide bonds. The smallest absolute Gasteiger partial charge is 0.223 e. The highest BCUT2D eigenvalue weighted by atomic mass is 16.5. The maximum atomic E-state index is 11.3. The number of hydrogen-bond donors (Lipinski definition) is 1. The first kappa shape index (κ1) is 9.21. The van der Waals surface area contributed by atoms with Crippen LogP contribution in [-0.2, 0) is 17.9 Å². The lowest BCUT2D eigenvalue weighted by Crippen LogP contribution is -2.23. The molecular formula is C9H13N3O2. The van der Waals surface area contributed by atoms with Gasteiger partial charge >= 0.3 is 0 Å². The van der Waals surface area contributed by atoms with E-state index in [1.165, 1.54) is 0 Å². The number of amides is 1. The van der Waals surface area contributed by atoms with E-state index >= 15 is 0 Å². The predicted octanol–water partition coefficient (Wildman–Crippen LogP) is 0.256. The van der Waals surface area contributed by atoms with Gasteiger partial charge in [-0.05, 0) is 6.42 Å². The lowest BCUT2D eigenvalue weighted by molar-refractivity contribution is -0.128. The van der Waals surface area contributed by atoms with Crippen molar-refractivity contribution in [2.75, 3.05) is 6.54 Å². The van der Waals surface area contributed by atoms with E-state index in [1.54, 1.807) is 11.0 Å². The zero-order chi connectivity index (χ0) is 9.97. The third-order valence-corrected chi connectivity index (χ3v) is 2.33. The molecule has 0 unspecified atom stereocenters. The first-order valence-electron chi connectivity index (χ1n) is 4.72. The largest absolute Gasteiger partial charge is 0.359 e. The Morgan fingerprint density at radius 3 is 3.07 bits per heavy atom. The van der Waals surface area contributed by atoms with Gasteiger partial charge in [0.05, 0.1) is 12.2 Å². The van der Waals surface area contributed by atoms with Gasteiger partial charge in [0, 0.05) is 25.6 Å². The second-order valence-electron chi connectivity index (χ2n) is 3.41. The van der Waals surface area contributed by atoms with Gasteiger partial charge in [-0.15, -0.1) is 0 Å². The number of aromatic nitrogens is 1. The Hall–Kier alpha value is -1.36. The van der Waals surface area contributed by atoms with Crippen LogP contribution < -0.4 is 5.73 Å². The maximum absolute atomic E-state index is 11.3. The number of likely N-dealkylation sites (tertiary alicyclic amines) is 1. The molecule has 1 aliphatic rings. The van der Waals surface area contributed by atoms with Gasteiger partial charge in [-0.2, -0.15) is 0 Å². The summed E-state index contributed by atoms with van der Waals surface area (Å²) >= 11 is 0. The fourth-order valence-electron chi connectivity index (χ4n) is 1.59. The molecule has 0 aliphatic carbocycles. The summed E-state index contributed by atoms with van der Waals surface area (Å²) in [5, 5.41) is 3.76. The van der Waals surface area contributed by atoms with E-state index in [9.17, 15) is 4.79 Å². The quantitative estimate of drug-likeness (QED) is 0.750. The maximum Gasteiger partial charge on any atom is 0.223 e. The van der Waals surface area contributed by atoms with Crippen LogP contribution in [0.2, 0.25) is 0 Å². The van der Waals surface area contributed by atoms with E-state index in [1.807, 2.05) is 0 Å². The lowest BCUT2D eigenvalue weighted by atomic mass is 10.3. The molecule has 0 saturated carbocycles. The van der Waals surface area contributed by atoms with Crippen LogP contribution in [0.3, 0.4) is 0 Å². The summed E-state index contributed by atoms with van der Waals surface area (Å²) in [6.45, 7) is 1.71. The van der Waals surface area contributed by atoms with Gasteiger partial charge in [-0.3, -0.25) is 4.79 Å². The molecule has 1 fully saturated rings. The molecule has 5 nitrogen and oxygen atoms in total. The third kappa shape index (κ3) is 1.77. The topological polar surface area (TPSA) is 72.4 Å². The van der Waals surface area contributed by atoms with E-state index in [0.29, 0.717) is 25.3 Å². The average molecular weight is 195 g/mol. The Bertz CT molecular complexity index is 335. The molecule has 0 atom stereocenters. The number of carbonyl (C=O) groups excluding carboxylic acids is 1. The predicted molar refractivity (Wildman–Crippen MR) is 49.0 cm³/mol. The molecule has 2 heterocycles. The van der Waals surface area contributed by atoms with Gasteiger partial charge < -0.3 is 15.2 Å². The van der Waals surface area contributed by atoms with Crippen LogP contribution in [0.15, 0.2) is 10.6 Å². The average Bonchev–Trinajstić information content (AvgIpc) is 2.77. The summed E-state index contributed by atoms with van der Waals surface area (Å²) in [4.78, 5) is 13.1. The van der Waals surface area contributed by atoms with Crippen LogP contribution >= 0.6 is 0 Å². The van der Waals surface area contributed by atoms with Crippen LogP contribution in [0, 0.1) is 0 Å². The fraction of sp³-hybridized carbons (Fsp3) is 0.556. The Labute approximate surface area is 81.8 Å². The van der Waals surface area contributed by atoms with Gasteiger partial charge in [0.25, 0.3) is 0 Å². The van der Waals surface area contributed by atoms with E-state index in [2.05, 4.69) is 5.16 Å². The molecule has 14 heavy (non-hydrogen) atoms.